The number of nitrogens with zero attached hydrogens (tertiary/aromatic N) is 1. The Labute approximate surface area is 113 Å². The molecule has 0 bridgehead atoms. The number of carboxylic acids is 1. The SMILES string of the molecule is CS(=O)(=O)NC1CCN(C(=O)CCCC(=O)O)CC1. The molecule has 0 aliphatic carbocycles. The van der Waals surface area contributed by atoms with E-state index in [0.29, 0.717) is 32.4 Å². The van der Waals surface area contributed by atoms with E-state index in [1.165, 1.54) is 0 Å². The maximum absolute atomic E-state index is 11.8. The average molecular weight is 292 g/mol. The third kappa shape index (κ3) is 6.53. The summed E-state index contributed by atoms with van der Waals surface area (Å²) in [5.41, 5.74) is 0. The van der Waals surface area contributed by atoms with Crippen LogP contribution in [0, 0.1) is 0 Å². The Morgan fingerprint density at radius 1 is 1.26 bits per heavy atom. The number of hydrogen-bond acceptors (Lipinski definition) is 4. The number of nitrogens with one attached hydrogen (secondary N) is 1. The van der Waals surface area contributed by atoms with Gasteiger partial charge in [0.2, 0.25) is 15.9 Å². The number of piperidine rings is 1. The summed E-state index contributed by atoms with van der Waals surface area (Å²) >= 11 is 0. The van der Waals surface area contributed by atoms with Gasteiger partial charge < -0.3 is 10.0 Å². The highest BCUT2D eigenvalue weighted by Crippen LogP contribution is 2.13. The molecule has 0 radical (unpaired) electrons. The Kier molecular flexibility index (Phi) is 5.74. The molecule has 2 N–H and O–H groups in total. The maximum atomic E-state index is 11.8. The molecule has 0 aromatic heterocycles. The standard InChI is InChI=1S/C11H20N2O5S/c1-19(17,18)12-9-5-7-13(8-6-9)10(14)3-2-4-11(15)16/h9,12H,2-8H2,1H3,(H,15,16). The first-order valence-corrected chi connectivity index (χ1v) is 8.14. The van der Waals surface area contributed by atoms with E-state index in [1.807, 2.05) is 0 Å². The summed E-state index contributed by atoms with van der Waals surface area (Å²) < 4.78 is 24.7. The lowest BCUT2D eigenvalue weighted by Crippen LogP contribution is -2.46. The number of aliphatic carboxylic acids is 1. The highest BCUT2D eigenvalue weighted by atomic mass is 32.2. The van der Waals surface area contributed by atoms with Crippen LogP contribution in [0.3, 0.4) is 0 Å². The molecule has 0 spiro atoms. The predicted molar refractivity (Wildman–Crippen MR) is 69.1 cm³/mol. The lowest BCUT2D eigenvalue weighted by molar-refractivity contribution is -0.137. The minimum absolute atomic E-state index is 0.00214. The van der Waals surface area contributed by atoms with Crippen LogP contribution in [0.4, 0.5) is 0 Å². The molecule has 0 aromatic carbocycles. The van der Waals surface area contributed by atoms with Gasteiger partial charge in [-0.25, -0.2) is 13.1 Å². The zero-order valence-electron chi connectivity index (χ0n) is 11.0. The zero-order valence-corrected chi connectivity index (χ0v) is 11.8. The van der Waals surface area contributed by atoms with Gasteiger partial charge in [0, 0.05) is 32.0 Å². The summed E-state index contributed by atoms with van der Waals surface area (Å²) in [7, 11) is -3.20. The molecule has 0 atom stereocenters. The molecule has 1 rings (SSSR count). The molecule has 1 amide bonds. The molecule has 8 heteroatoms. The average Bonchev–Trinajstić information content (AvgIpc) is 2.27. The van der Waals surface area contributed by atoms with E-state index in [0.717, 1.165) is 6.26 Å². The first-order valence-electron chi connectivity index (χ1n) is 6.25. The smallest absolute Gasteiger partial charge is 0.303 e. The van der Waals surface area contributed by atoms with Gasteiger partial charge in [0.15, 0.2) is 0 Å². The molecule has 0 aromatic rings. The maximum Gasteiger partial charge on any atom is 0.303 e. The number of carbonyl (C=O) groups excluding carboxylic acids is 1. The topological polar surface area (TPSA) is 104 Å². The van der Waals surface area contributed by atoms with Gasteiger partial charge in [0.1, 0.15) is 0 Å². The van der Waals surface area contributed by atoms with Crippen LogP contribution in [0.1, 0.15) is 32.1 Å². The fourth-order valence-corrected chi connectivity index (χ4v) is 2.94. The lowest BCUT2D eigenvalue weighted by Gasteiger charge is -2.32. The van der Waals surface area contributed by atoms with E-state index in [2.05, 4.69) is 4.72 Å². The van der Waals surface area contributed by atoms with Gasteiger partial charge in [-0.2, -0.15) is 0 Å². The summed E-state index contributed by atoms with van der Waals surface area (Å²) in [6.07, 6.45) is 2.88. The molecule has 1 heterocycles. The monoisotopic (exact) mass is 292 g/mol. The van der Waals surface area contributed by atoms with Crippen molar-refractivity contribution in [1.82, 2.24) is 9.62 Å². The van der Waals surface area contributed by atoms with Crippen LogP contribution in [0.2, 0.25) is 0 Å². The van der Waals surface area contributed by atoms with Crippen molar-refractivity contribution in [3.8, 4) is 0 Å². The van der Waals surface area contributed by atoms with Crippen molar-refractivity contribution >= 4 is 21.9 Å². The highest BCUT2D eigenvalue weighted by molar-refractivity contribution is 7.88. The molecule has 0 saturated carbocycles. The van der Waals surface area contributed by atoms with Gasteiger partial charge in [-0.15, -0.1) is 0 Å². The molecular weight excluding hydrogens is 272 g/mol. The fourth-order valence-electron chi connectivity index (χ4n) is 2.10. The number of carboxylic acid groups (broad SMARTS) is 1. The minimum atomic E-state index is -3.20. The summed E-state index contributed by atoms with van der Waals surface area (Å²) in [5, 5.41) is 8.49. The summed E-state index contributed by atoms with van der Waals surface area (Å²) in [6.45, 7) is 1.03. The Morgan fingerprint density at radius 2 is 1.84 bits per heavy atom. The normalized spacial score (nSPS) is 17.4. The van der Waals surface area contributed by atoms with Crippen molar-refractivity contribution in [2.45, 2.75) is 38.1 Å². The lowest BCUT2D eigenvalue weighted by atomic mass is 10.1. The Balaban J connectivity index is 2.29. The third-order valence-electron chi connectivity index (χ3n) is 3.01. The zero-order chi connectivity index (χ0) is 14.5. The fraction of sp³-hybridized carbons (Fsp3) is 0.818. The van der Waals surface area contributed by atoms with Crippen LogP contribution in [0.15, 0.2) is 0 Å². The number of sulfonamides is 1. The Hall–Kier alpha value is -1.15. The van der Waals surface area contributed by atoms with E-state index >= 15 is 0 Å². The van der Waals surface area contributed by atoms with Crippen molar-refractivity contribution in [3.63, 3.8) is 0 Å². The Bertz CT molecular complexity index is 426. The van der Waals surface area contributed by atoms with Gasteiger partial charge >= 0.3 is 5.97 Å². The molecular formula is C11H20N2O5S. The van der Waals surface area contributed by atoms with Crippen LogP contribution in [0.25, 0.3) is 0 Å². The highest BCUT2D eigenvalue weighted by Gasteiger charge is 2.24. The predicted octanol–water partition coefficient (Wildman–Crippen LogP) is -0.218. The second kappa shape index (κ2) is 6.85. The Morgan fingerprint density at radius 3 is 2.32 bits per heavy atom. The molecule has 110 valence electrons. The van der Waals surface area contributed by atoms with Gasteiger partial charge in [-0.3, -0.25) is 9.59 Å². The van der Waals surface area contributed by atoms with Crippen LogP contribution >= 0.6 is 0 Å². The first-order chi connectivity index (χ1) is 8.78. The van der Waals surface area contributed by atoms with E-state index in [-0.39, 0.29) is 24.8 Å². The van der Waals surface area contributed by atoms with Gasteiger partial charge in [-0.1, -0.05) is 0 Å². The van der Waals surface area contributed by atoms with Crippen molar-refractivity contribution in [3.05, 3.63) is 0 Å². The van der Waals surface area contributed by atoms with Crippen molar-refractivity contribution in [2.75, 3.05) is 19.3 Å². The second-order valence-corrected chi connectivity index (χ2v) is 6.57. The molecule has 19 heavy (non-hydrogen) atoms. The molecule has 1 saturated heterocycles. The largest absolute Gasteiger partial charge is 0.481 e. The minimum Gasteiger partial charge on any atom is -0.481 e. The summed E-state index contributed by atoms with van der Waals surface area (Å²) in [5.74, 6) is -0.956. The number of amides is 1. The van der Waals surface area contributed by atoms with E-state index in [4.69, 9.17) is 5.11 Å². The summed E-state index contributed by atoms with van der Waals surface area (Å²) in [6, 6.07) is -0.113. The number of carbonyl (C=O) groups is 2. The van der Waals surface area contributed by atoms with Crippen LogP contribution in [0.5, 0.6) is 0 Å². The number of rotatable bonds is 6. The third-order valence-corrected chi connectivity index (χ3v) is 3.77. The molecule has 0 unspecified atom stereocenters. The molecule has 1 fully saturated rings. The second-order valence-electron chi connectivity index (χ2n) is 4.79. The van der Waals surface area contributed by atoms with Crippen molar-refractivity contribution in [2.24, 2.45) is 0 Å². The molecule has 7 nitrogen and oxygen atoms in total. The van der Waals surface area contributed by atoms with E-state index in [9.17, 15) is 18.0 Å². The molecule has 1 aliphatic heterocycles. The van der Waals surface area contributed by atoms with Crippen LogP contribution in [-0.2, 0) is 19.6 Å². The van der Waals surface area contributed by atoms with Crippen LogP contribution < -0.4 is 4.72 Å². The number of hydrogen-bond donors (Lipinski definition) is 2. The van der Waals surface area contributed by atoms with Gasteiger partial charge in [0.05, 0.1) is 6.26 Å². The number of likely N-dealkylation sites (tertiary alicyclic amines) is 1. The van der Waals surface area contributed by atoms with Crippen LogP contribution in [-0.4, -0.2) is 55.7 Å². The van der Waals surface area contributed by atoms with E-state index < -0.39 is 16.0 Å². The van der Waals surface area contributed by atoms with Gasteiger partial charge in [-0.05, 0) is 19.3 Å². The van der Waals surface area contributed by atoms with Crippen molar-refractivity contribution < 1.29 is 23.1 Å². The first kappa shape index (κ1) is 15.9. The molecule has 1 aliphatic rings. The summed E-state index contributed by atoms with van der Waals surface area (Å²) in [4.78, 5) is 23.8. The van der Waals surface area contributed by atoms with Crippen molar-refractivity contribution in [1.29, 1.82) is 0 Å². The quantitative estimate of drug-likeness (QED) is 0.704. The van der Waals surface area contributed by atoms with Gasteiger partial charge in [0.25, 0.3) is 0 Å². The van der Waals surface area contributed by atoms with E-state index in [1.54, 1.807) is 4.90 Å².